The summed E-state index contributed by atoms with van der Waals surface area (Å²) in [5.74, 6) is 0.693. The van der Waals surface area contributed by atoms with E-state index < -0.39 is 8.25 Å². The van der Waals surface area contributed by atoms with Gasteiger partial charge >= 0.3 is 8.25 Å². The molecule has 7 nitrogen and oxygen atoms in total. The fraction of sp³-hybridized carbons (Fsp3) is 0.400. The molecule has 28 heavy (non-hydrogen) atoms. The van der Waals surface area contributed by atoms with Gasteiger partial charge in [-0.15, -0.1) is 0 Å². The molecule has 0 heterocycles. The van der Waals surface area contributed by atoms with Gasteiger partial charge < -0.3 is 29.5 Å². The predicted molar refractivity (Wildman–Crippen MR) is 106 cm³/mol. The standard InChI is InChI=1S/C20H27O7P/c21-11-7-15-3-1-5-19(17(15)9-13-23)26-28(25)27-20-6-2-4-16(8-12-22)18(20)10-14-24/h1-6,21-24,28H,7-14H2. The lowest BCUT2D eigenvalue weighted by Crippen LogP contribution is -2.05. The molecule has 4 N–H and O–H groups in total. The summed E-state index contributed by atoms with van der Waals surface area (Å²) < 4.78 is 23.6. The van der Waals surface area contributed by atoms with E-state index in [0.717, 1.165) is 11.1 Å². The highest BCUT2D eigenvalue weighted by Crippen LogP contribution is 2.36. The lowest BCUT2D eigenvalue weighted by Gasteiger charge is -2.17. The van der Waals surface area contributed by atoms with Crippen molar-refractivity contribution < 1.29 is 34.0 Å². The molecule has 0 bridgehead atoms. The summed E-state index contributed by atoms with van der Waals surface area (Å²) >= 11 is 0. The summed E-state index contributed by atoms with van der Waals surface area (Å²) in [6, 6.07) is 10.4. The monoisotopic (exact) mass is 410 g/mol. The summed E-state index contributed by atoms with van der Waals surface area (Å²) in [5.41, 5.74) is 3.00. The van der Waals surface area contributed by atoms with Crippen LogP contribution < -0.4 is 9.05 Å². The first-order valence-corrected chi connectivity index (χ1v) is 10.4. The molecule has 0 spiro atoms. The number of aliphatic hydroxyl groups excluding tert-OH is 4. The van der Waals surface area contributed by atoms with Gasteiger partial charge in [0.25, 0.3) is 0 Å². The summed E-state index contributed by atoms with van der Waals surface area (Å²) in [5, 5.41) is 37.1. The van der Waals surface area contributed by atoms with E-state index in [1.54, 1.807) is 24.3 Å². The van der Waals surface area contributed by atoms with Gasteiger partial charge in [0.15, 0.2) is 0 Å². The molecule has 0 unspecified atom stereocenters. The zero-order valence-corrected chi connectivity index (χ0v) is 16.6. The van der Waals surface area contributed by atoms with Crippen molar-refractivity contribution in [2.24, 2.45) is 0 Å². The topological polar surface area (TPSA) is 116 Å². The van der Waals surface area contributed by atoms with Gasteiger partial charge in [-0.1, -0.05) is 24.3 Å². The Balaban J connectivity index is 2.23. The Bertz CT molecular complexity index is 716. The maximum absolute atomic E-state index is 12.6. The van der Waals surface area contributed by atoms with Crippen molar-refractivity contribution in [3.8, 4) is 11.5 Å². The second-order valence-corrected chi connectivity index (χ2v) is 7.04. The molecule has 0 aliphatic rings. The van der Waals surface area contributed by atoms with Crippen LogP contribution >= 0.6 is 8.25 Å². The number of rotatable bonds is 12. The molecule has 0 aliphatic heterocycles. The molecule has 8 heteroatoms. The Morgan fingerprint density at radius 3 is 1.39 bits per heavy atom. The van der Waals surface area contributed by atoms with Crippen molar-refractivity contribution in [2.45, 2.75) is 25.7 Å². The van der Waals surface area contributed by atoms with Crippen LogP contribution in [0.1, 0.15) is 22.3 Å². The number of aliphatic hydroxyl groups is 4. The number of benzene rings is 2. The largest absolute Gasteiger partial charge is 0.418 e. The Hall–Kier alpha value is -1.89. The van der Waals surface area contributed by atoms with Crippen LogP contribution in [0.5, 0.6) is 11.5 Å². The van der Waals surface area contributed by atoms with E-state index in [1.165, 1.54) is 0 Å². The molecule has 0 saturated carbocycles. The average Bonchev–Trinajstić information content (AvgIpc) is 2.67. The lowest BCUT2D eigenvalue weighted by atomic mass is 10.0. The van der Waals surface area contributed by atoms with Crippen molar-refractivity contribution in [1.29, 1.82) is 0 Å². The average molecular weight is 410 g/mol. The van der Waals surface area contributed by atoms with Crippen molar-refractivity contribution in [3.63, 3.8) is 0 Å². The zero-order chi connectivity index (χ0) is 20.4. The number of hydrogen-bond acceptors (Lipinski definition) is 7. The molecule has 0 saturated heterocycles. The first-order chi connectivity index (χ1) is 13.6. The zero-order valence-electron chi connectivity index (χ0n) is 15.6. The van der Waals surface area contributed by atoms with E-state index in [9.17, 15) is 25.0 Å². The van der Waals surface area contributed by atoms with Crippen LogP contribution in [-0.2, 0) is 30.2 Å². The Labute approximate surface area is 165 Å². The predicted octanol–water partition coefficient (Wildman–Crippen LogP) is 1.67. The molecule has 0 radical (unpaired) electrons. The lowest BCUT2D eigenvalue weighted by molar-refractivity contribution is 0.291. The second-order valence-electron chi connectivity index (χ2n) is 6.14. The Morgan fingerprint density at radius 1 is 0.643 bits per heavy atom. The SMILES string of the molecule is O=[PH](Oc1cccc(CCO)c1CCO)Oc1cccc(CCO)c1CCO. The maximum atomic E-state index is 12.6. The van der Waals surface area contributed by atoms with Crippen LogP contribution in [-0.4, -0.2) is 46.9 Å². The molecule has 0 fully saturated rings. The molecule has 154 valence electrons. The van der Waals surface area contributed by atoms with E-state index in [-0.39, 0.29) is 26.4 Å². The minimum absolute atomic E-state index is 0.0459. The van der Waals surface area contributed by atoms with Gasteiger partial charge in [-0.3, -0.25) is 0 Å². The first kappa shape index (κ1) is 22.4. The van der Waals surface area contributed by atoms with Crippen molar-refractivity contribution in [2.75, 3.05) is 26.4 Å². The maximum Gasteiger partial charge on any atom is 0.418 e. The molecular formula is C20H27O7P. The van der Waals surface area contributed by atoms with Gasteiger partial charge in [-0.25, -0.2) is 4.57 Å². The smallest absolute Gasteiger partial charge is 0.418 e. The van der Waals surface area contributed by atoms with E-state index in [4.69, 9.17) is 9.05 Å². The van der Waals surface area contributed by atoms with Crippen LogP contribution in [0, 0.1) is 0 Å². The van der Waals surface area contributed by atoms with Crippen LogP contribution in [0.3, 0.4) is 0 Å². The minimum atomic E-state index is -2.97. The highest BCUT2D eigenvalue weighted by atomic mass is 31.1. The Kier molecular flexibility index (Phi) is 9.47. The van der Waals surface area contributed by atoms with Gasteiger partial charge in [0, 0.05) is 37.6 Å². The van der Waals surface area contributed by atoms with Gasteiger partial charge in [0.05, 0.1) is 0 Å². The molecule has 0 amide bonds. The second kappa shape index (κ2) is 11.8. The van der Waals surface area contributed by atoms with Crippen LogP contribution in [0.4, 0.5) is 0 Å². The summed E-state index contributed by atoms with van der Waals surface area (Å²) in [4.78, 5) is 0. The van der Waals surface area contributed by atoms with Crippen molar-refractivity contribution in [1.82, 2.24) is 0 Å². The van der Waals surface area contributed by atoms with Crippen LogP contribution in [0.15, 0.2) is 36.4 Å². The molecule has 2 rings (SSSR count). The molecule has 0 aliphatic carbocycles. The van der Waals surface area contributed by atoms with Crippen molar-refractivity contribution >= 4 is 8.25 Å². The molecule has 0 aromatic heterocycles. The van der Waals surface area contributed by atoms with Crippen LogP contribution in [0.2, 0.25) is 0 Å². The van der Waals surface area contributed by atoms with Crippen molar-refractivity contribution in [3.05, 3.63) is 58.7 Å². The fourth-order valence-electron chi connectivity index (χ4n) is 3.11. The third-order valence-corrected chi connectivity index (χ3v) is 5.11. The van der Waals surface area contributed by atoms with Gasteiger partial charge in [-0.05, 0) is 48.9 Å². The minimum Gasteiger partial charge on any atom is -0.418 e. The molecule has 2 aromatic carbocycles. The van der Waals surface area contributed by atoms with E-state index in [1.807, 2.05) is 12.1 Å². The highest BCUT2D eigenvalue weighted by molar-refractivity contribution is 7.34. The first-order valence-electron chi connectivity index (χ1n) is 9.19. The van der Waals surface area contributed by atoms with Crippen LogP contribution in [0.25, 0.3) is 0 Å². The summed E-state index contributed by atoms with van der Waals surface area (Å²) in [6.07, 6.45) is 1.42. The summed E-state index contributed by atoms with van der Waals surface area (Å²) in [6.45, 7) is -0.305. The number of hydrogen-bond donors (Lipinski definition) is 4. The Morgan fingerprint density at radius 2 is 1.04 bits per heavy atom. The summed E-state index contributed by atoms with van der Waals surface area (Å²) in [7, 11) is -2.97. The normalized spacial score (nSPS) is 11.0. The quantitative estimate of drug-likeness (QED) is 0.393. The van der Waals surface area contributed by atoms with Gasteiger partial charge in [0.2, 0.25) is 0 Å². The van der Waals surface area contributed by atoms with E-state index >= 15 is 0 Å². The van der Waals surface area contributed by atoms with E-state index in [2.05, 4.69) is 0 Å². The van der Waals surface area contributed by atoms with E-state index in [0.29, 0.717) is 48.3 Å². The third kappa shape index (κ3) is 6.06. The molecule has 0 atom stereocenters. The molecular weight excluding hydrogens is 383 g/mol. The third-order valence-electron chi connectivity index (χ3n) is 4.33. The highest BCUT2D eigenvalue weighted by Gasteiger charge is 2.15. The molecule has 2 aromatic rings. The van der Waals surface area contributed by atoms with Gasteiger partial charge in [0.1, 0.15) is 11.5 Å². The fourth-order valence-corrected chi connectivity index (χ4v) is 3.90. The van der Waals surface area contributed by atoms with Gasteiger partial charge in [-0.2, -0.15) is 0 Å².